The van der Waals surface area contributed by atoms with Crippen molar-refractivity contribution >= 4 is 12.2 Å². The summed E-state index contributed by atoms with van der Waals surface area (Å²) in [5, 5.41) is 3.48. The van der Waals surface area contributed by atoms with Crippen molar-refractivity contribution in [3.8, 4) is 0 Å². The quantitative estimate of drug-likeness (QED) is 0.598. The minimum Gasteiger partial charge on any atom is -0.468 e. The first kappa shape index (κ1) is 13.0. The van der Waals surface area contributed by atoms with E-state index in [9.17, 15) is 22.8 Å². The van der Waals surface area contributed by atoms with Crippen molar-refractivity contribution in [2.24, 2.45) is 4.99 Å². The molecule has 0 amide bonds. The molecule has 0 unspecified atom stereocenters. The molecule has 2 N–H and O–H groups in total. The number of aromatic nitrogens is 2. The molecule has 0 aliphatic heterocycles. The highest BCUT2D eigenvalue weighted by molar-refractivity contribution is 5.83. The molecule has 0 spiro atoms. The zero-order chi connectivity index (χ0) is 13.1. The Morgan fingerprint density at radius 3 is 2.65 bits per heavy atom. The lowest BCUT2D eigenvalue weighted by Crippen LogP contribution is -2.13. The maximum atomic E-state index is 12.4. The fourth-order valence-electron chi connectivity index (χ4n) is 0.990. The molecule has 0 atom stereocenters. The number of alkyl halides is 3. The van der Waals surface area contributed by atoms with Gasteiger partial charge in [-0.05, 0) is 0 Å². The normalized spacial score (nSPS) is 12.0. The number of aromatic amines is 2. The summed E-state index contributed by atoms with van der Waals surface area (Å²) in [5.74, 6) is -0.721. The first-order chi connectivity index (χ1) is 7.86. The van der Waals surface area contributed by atoms with E-state index in [2.05, 4.69) is 9.73 Å². The lowest BCUT2D eigenvalue weighted by Gasteiger charge is -2.02. The van der Waals surface area contributed by atoms with E-state index in [4.69, 9.17) is 0 Å². The summed E-state index contributed by atoms with van der Waals surface area (Å²) in [6, 6.07) is 0. The molecule has 0 aliphatic rings. The summed E-state index contributed by atoms with van der Waals surface area (Å²) in [7, 11) is 1.11. The van der Waals surface area contributed by atoms with Crippen molar-refractivity contribution in [1.82, 2.24) is 10.2 Å². The zero-order valence-electron chi connectivity index (χ0n) is 8.59. The third-order valence-electron chi connectivity index (χ3n) is 1.77. The van der Waals surface area contributed by atoms with E-state index in [1.165, 1.54) is 0 Å². The molecule has 1 rings (SSSR count). The number of carbonyl (C=O) groups is 1. The van der Waals surface area contributed by atoms with E-state index in [0.717, 1.165) is 7.11 Å². The third kappa shape index (κ3) is 3.20. The van der Waals surface area contributed by atoms with E-state index in [1.54, 1.807) is 10.2 Å². The van der Waals surface area contributed by atoms with Gasteiger partial charge in [0.1, 0.15) is 6.54 Å². The number of halogens is 3. The summed E-state index contributed by atoms with van der Waals surface area (Å²) < 4.78 is 41.3. The predicted molar refractivity (Wildman–Crippen MR) is 50.9 cm³/mol. The lowest BCUT2D eigenvalue weighted by atomic mass is 10.2. The SMILES string of the molecule is COC(=O)CN=Cc1c(C(F)(F)F)[nH][nH]c1=O. The topological polar surface area (TPSA) is 87.3 Å². The van der Waals surface area contributed by atoms with Crippen molar-refractivity contribution in [3.63, 3.8) is 0 Å². The van der Waals surface area contributed by atoms with Gasteiger partial charge in [-0.15, -0.1) is 0 Å². The van der Waals surface area contributed by atoms with Crippen molar-refractivity contribution < 1.29 is 22.7 Å². The molecule has 1 heterocycles. The molecular formula is C8H8F3N3O3. The number of methoxy groups -OCH3 is 1. The number of hydrogen-bond acceptors (Lipinski definition) is 4. The minimum atomic E-state index is -4.70. The fourth-order valence-corrected chi connectivity index (χ4v) is 0.990. The molecule has 1 aromatic heterocycles. The second-order valence-electron chi connectivity index (χ2n) is 2.91. The maximum absolute atomic E-state index is 12.4. The van der Waals surface area contributed by atoms with Gasteiger partial charge in [-0.1, -0.05) is 0 Å². The minimum absolute atomic E-state index is 0.460. The van der Waals surface area contributed by atoms with E-state index in [-0.39, 0.29) is 0 Å². The van der Waals surface area contributed by atoms with Gasteiger partial charge in [-0.2, -0.15) is 13.2 Å². The average molecular weight is 251 g/mol. The Bertz CT molecular complexity index is 486. The van der Waals surface area contributed by atoms with Gasteiger partial charge in [0.2, 0.25) is 0 Å². The number of esters is 1. The predicted octanol–water partition coefficient (Wildman–Crippen LogP) is 0.314. The summed E-state index contributed by atoms with van der Waals surface area (Å²) in [5.41, 5.74) is -2.89. The lowest BCUT2D eigenvalue weighted by molar-refractivity contribution is -0.141. The third-order valence-corrected chi connectivity index (χ3v) is 1.77. The first-order valence-corrected chi connectivity index (χ1v) is 4.30. The van der Waals surface area contributed by atoms with E-state index in [0.29, 0.717) is 6.21 Å². The molecule has 94 valence electrons. The summed E-state index contributed by atoms with van der Waals surface area (Å²) >= 11 is 0. The van der Waals surface area contributed by atoms with Crippen molar-refractivity contribution in [2.75, 3.05) is 13.7 Å². The first-order valence-electron chi connectivity index (χ1n) is 4.30. The Morgan fingerprint density at radius 2 is 2.12 bits per heavy atom. The van der Waals surface area contributed by atoms with Crippen LogP contribution in [0.3, 0.4) is 0 Å². The number of rotatable bonds is 3. The van der Waals surface area contributed by atoms with Gasteiger partial charge in [0.15, 0.2) is 5.69 Å². The molecule has 0 radical (unpaired) electrons. The number of ether oxygens (including phenoxy) is 1. The fraction of sp³-hybridized carbons (Fsp3) is 0.375. The van der Waals surface area contributed by atoms with Crippen molar-refractivity contribution in [3.05, 3.63) is 21.6 Å². The highest BCUT2D eigenvalue weighted by atomic mass is 19.4. The number of hydrogen-bond donors (Lipinski definition) is 2. The van der Waals surface area contributed by atoms with Crippen LogP contribution in [-0.4, -0.2) is 36.0 Å². The standard InChI is InChI=1S/C8H8F3N3O3/c1-17-5(15)3-12-2-4-6(8(9,10)11)13-14-7(4)16/h2H,3H2,1H3,(H2,13,14,16). The van der Waals surface area contributed by atoms with E-state index >= 15 is 0 Å². The van der Waals surface area contributed by atoms with Crippen LogP contribution in [0.5, 0.6) is 0 Å². The van der Waals surface area contributed by atoms with Gasteiger partial charge in [0.05, 0.1) is 12.7 Å². The number of aliphatic imine (C=N–C) groups is 1. The average Bonchev–Trinajstić information content (AvgIpc) is 2.59. The number of nitrogens with zero attached hydrogens (tertiary/aromatic N) is 1. The number of carbonyl (C=O) groups excluding carboxylic acids is 1. The van der Waals surface area contributed by atoms with Crippen LogP contribution in [0.4, 0.5) is 13.2 Å². The van der Waals surface area contributed by atoms with Crippen LogP contribution in [0.2, 0.25) is 0 Å². The van der Waals surface area contributed by atoms with Crippen molar-refractivity contribution in [2.45, 2.75) is 6.18 Å². The second-order valence-corrected chi connectivity index (χ2v) is 2.91. The van der Waals surface area contributed by atoms with Gasteiger partial charge >= 0.3 is 12.1 Å². The van der Waals surface area contributed by atoms with Gasteiger partial charge in [-0.3, -0.25) is 24.8 Å². The highest BCUT2D eigenvalue weighted by Gasteiger charge is 2.36. The summed E-state index contributed by atoms with van der Waals surface area (Å²) in [4.78, 5) is 25.1. The largest absolute Gasteiger partial charge is 0.468 e. The van der Waals surface area contributed by atoms with Crippen LogP contribution in [0, 0.1) is 0 Å². The van der Waals surface area contributed by atoms with Crippen LogP contribution >= 0.6 is 0 Å². The Labute approximate surface area is 92.5 Å². The smallest absolute Gasteiger partial charge is 0.433 e. The van der Waals surface area contributed by atoms with E-state index in [1.807, 2.05) is 0 Å². The summed E-state index contributed by atoms with van der Waals surface area (Å²) in [6.07, 6.45) is -4.03. The molecule has 0 saturated heterocycles. The zero-order valence-corrected chi connectivity index (χ0v) is 8.59. The highest BCUT2D eigenvalue weighted by Crippen LogP contribution is 2.27. The molecule has 0 bridgehead atoms. The van der Waals surface area contributed by atoms with Gasteiger partial charge in [-0.25, -0.2) is 0 Å². The molecule has 0 aliphatic carbocycles. The maximum Gasteiger partial charge on any atom is 0.433 e. The molecule has 9 heteroatoms. The van der Waals surface area contributed by atoms with Gasteiger partial charge in [0, 0.05) is 6.21 Å². The van der Waals surface area contributed by atoms with Gasteiger partial charge in [0.25, 0.3) is 5.56 Å². The molecule has 1 aromatic rings. The van der Waals surface area contributed by atoms with Crippen LogP contribution in [0.15, 0.2) is 9.79 Å². The van der Waals surface area contributed by atoms with Crippen LogP contribution in [0.1, 0.15) is 11.3 Å². The Balaban J connectivity index is 2.95. The molecule has 0 saturated carbocycles. The van der Waals surface area contributed by atoms with Crippen LogP contribution in [0.25, 0.3) is 0 Å². The Morgan fingerprint density at radius 1 is 1.47 bits per heavy atom. The number of H-pyrrole nitrogens is 2. The molecular weight excluding hydrogens is 243 g/mol. The van der Waals surface area contributed by atoms with E-state index < -0.39 is 35.5 Å². The summed E-state index contributed by atoms with van der Waals surface area (Å²) in [6.45, 7) is -0.460. The Hall–Kier alpha value is -2.06. The molecule has 17 heavy (non-hydrogen) atoms. The van der Waals surface area contributed by atoms with Crippen molar-refractivity contribution in [1.29, 1.82) is 0 Å². The van der Waals surface area contributed by atoms with Gasteiger partial charge < -0.3 is 4.74 Å². The second kappa shape index (κ2) is 4.85. The Kier molecular flexibility index (Phi) is 3.71. The molecule has 6 nitrogen and oxygen atoms in total. The van der Waals surface area contributed by atoms with Crippen LogP contribution < -0.4 is 5.56 Å². The molecule has 0 fully saturated rings. The molecule has 0 aromatic carbocycles. The number of nitrogens with one attached hydrogen (secondary N) is 2. The van der Waals surface area contributed by atoms with Crippen LogP contribution in [-0.2, 0) is 15.7 Å². The monoisotopic (exact) mass is 251 g/mol.